The SMILES string of the molecule is COC1OC(COC(O)C(O)C(O)C(O)CCO)C(O)C(O)C1O. The van der Waals surface area contributed by atoms with Gasteiger partial charge in [0.2, 0.25) is 0 Å². The van der Waals surface area contributed by atoms with E-state index in [1.165, 1.54) is 7.11 Å². The largest absolute Gasteiger partial charge is 0.396 e. The van der Waals surface area contributed by atoms with E-state index in [1.807, 2.05) is 0 Å². The van der Waals surface area contributed by atoms with Gasteiger partial charge in [0.1, 0.15) is 36.6 Å². The summed E-state index contributed by atoms with van der Waals surface area (Å²) in [6.07, 6.45) is -14.3. The van der Waals surface area contributed by atoms with Crippen molar-refractivity contribution in [2.24, 2.45) is 0 Å². The first kappa shape index (κ1) is 21.6. The third-order valence-corrected chi connectivity index (χ3v) is 3.79. The highest BCUT2D eigenvalue weighted by molar-refractivity contribution is 4.89. The van der Waals surface area contributed by atoms with Crippen LogP contribution < -0.4 is 0 Å². The number of ether oxygens (including phenoxy) is 3. The average Bonchev–Trinajstić information content (AvgIpc) is 2.57. The molecule has 0 amide bonds. The maximum absolute atomic E-state index is 9.81. The van der Waals surface area contributed by atoms with Gasteiger partial charge in [0.05, 0.1) is 12.7 Å². The Hall–Kier alpha value is -0.440. The van der Waals surface area contributed by atoms with Gasteiger partial charge in [0.15, 0.2) is 12.6 Å². The molecule has 0 aromatic rings. The molecule has 11 nitrogen and oxygen atoms in total. The zero-order valence-corrected chi connectivity index (χ0v) is 13.1. The Bertz CT molecular complexity index is 355. The third kappa shape index (κ3) is 5.28. The fraction of sp³-hybridized carbons (Fsp3) is 1.00. The van der Waals surface area contributed by atoms with Crippen LogP contribution in [0.4, 0.5) is 0 Å². The van der Waals surface area contributed by atoms with Crippen molar-refractivity contribution in [3.8, 4) is 0 Å². The van der Waals surface area contributed by atoms with Crippen molar-refractivity contribution in [3.63, 3.8) is 0 Å². The summed E-state index contributed by atoms with van der Waals surface area (Å²) in [5, 5.41) is 76.2. The quantitative estimate of drug-likeness (QED) is 0.185. The molecule has 0 spiro atoms. The molecule has 1 heterocycles. The van der Waals surface area contributed by atoms with Crippen molar-refractivity contribution in [1.82, 2.24) is 0 Å². The van der Waals surface area contributed by atoms with Crippen LogP contribution in [0.5, 0.6) is 0 Å². The molecule has 0 aromatic carbocycles. The first-order chi connectivity index (χ1) is 11.2. The van der Waals surface area contributed by atoms with E-state index < -0.39 is 68.5 Å². The van der Waals surface area contributed by atoms with Crippen LogP contribution in [0.2, 0.25) is 0 Å². The van der Waals surface area contributed by atoms with Crippen LogP contribution in [0, 0.1) is 0 Å². The molecule has 0 radical (unpaired) electrons. The molecular weight excluding hydrogens is 332 g/mol. The normalized spacial score (nSPS) is 36.1. The molecule has 1 rings (SSSR count). The van der Waals surface area contributed by atoms with Gasteiger partial charge in [0, 0.05) is 13.7 Å². The monoisotopic (exact) mass is 358 g/mol. The lowest BCUT2D eigenvalue weighted by molar-refractivity contribution is -0.306. The molecule has 11 heteroatoms. The van der Waals surface area contributed by atoms with Crippen molar-refractivity contribution in [2.75, 3.05) is 20.3 Å². The van der Waals surface area contributed by atoms with Gasteiger partial charge in [0.25, 0.3) is 0 Å². The van der Waals surface area contributed by atoms with Crippen LogP contribution in [0.1, 0.15) is 6.42 Å². The van der Waals surface area contributed by atoms with E-state index in [-0.39, 0.29) is 6.42 Å². The third-order valence-electron chi connectivity index (χ3n) is 3.79. The molecule has 0 aliphatic carbocycles. The summed E-state index contributed by atoms with van der Waals surface area (Å²) in [7, 11) is 1.22. The summed E-state index contributed by atoms with van der Waals surface area (Å²) < 4.78 is 14.8. The van der Waals surface area contributed by atoms with Crippen LogP contribution in [-0.2, 0) is 14.2 Å². The fourth-order valence-electron chi connectivity index (χ4n) is 2.24. The van der Waals surface area contributed by atoms with Gasteiger partial charge in [-0.05, 0) is 6.42 Å². The van der Waals surface area contributed by atoms with E-state index in [1.54, 1.807) is 0 Å². The minimum Gasteiger partial charge on any atom is -0.396 e. The summed E-state index contributed by atoms with van der Waals surface area (Å²) in [6.45, 7) is -0.936. The van der Waals surface area contributed by atoms with Crippen molar-refractivity contribution >= 4 is 0 Å². The van der Waals surface area contributed by atoms with Gasteiger partial charge in [-0.1, -0.05) is 0 Å². The Labute approximate surface area is 138 Å². The van der Waals surface area contributed by atoms with E-state index in [0.717, 1.165) is 0 Å². The lowest BCUT2D eigenvalue weighted by Crippen LogP contribution is -2.59. The Morgan fingerprint density at radius 2 is 1.58 bits per heavy atom. The van der Waals surface area contributed by atoms with Gasteiger partial charge in [-0.3, -0.25) is 0 Å². The first-order valence-corrected chi connectivity index (χ1v) is 7.41. The van der Waals surface area contributed by atoms with Crippen molar-refractivity contribution in [3.05, 3.63) is 0 Å². The van der Waals surface area contributed by atoms with Gasteiger partial charge in [-0.2, -0.15) is 0 Å². The van der Waals surface area contributed by atoms with Crippen LogP contribution in [-0.4, -0.2) is 116 Å². The number of methoxy groups -OCH3 is 1. The Morgan fingerprint density at radius 3 is 2.12 bits per heavy atom. The summed E-state index contributed by atoms with van der Waals surface area (Å²) in [5.41, 5.74) is 0. The molecule has 0 aromatic heterocycles. The van der Waals surface area contributed by atoms with Crippen LogP contribution >= 0.6 is 0 Å². The highest BCUT2D eigenvalue weighted by Gasteiger charge is 2.44. The highest BCUT2D eigenvalue weighted by atomic mass is 16.7. The van der Waals surface area contributed by atoms with E-state index >= 15 is 0 Å². The second-order valence-electron chi connectivity index (χ2n) is 5.54. The minimum absolute atomic E-state index is 0.213. The first-order valence-electron chi connectivity index (χ1n) is 7.41. The maximum Gasteiger partial charge on any atom is 0.186 e. The van der Waals surface area contributed by atoms with Gasteiger partial charge in [-0.15, -0.1) is 0 Å². The molecule has 0 bridgehead atoms. The Morgan fingerprint density at radius 1 is 0.958 bits per heavy atom. The summed E-state index contributed by atoms with van der Waals surface area (Å²) in [6, 6.07) is 0. The van der Waals surface area contributed by atoms with E-state index in [9.17, 15) is 35.7 Å². The summed E-state index contributed by atoms with van der Waals surface area (Å²) in [5.74, 6) is 0. The van der Waals surface area contributed by atoms with E-state index in [0.29, 0.717) is 0 Å². The Balaban J connectivity index is 2.54. The molecule has 24 heavy (non-hydrogen) atoms. The molecule has 9 atom stereocenters. The van der Waals surface area contributed by atoms with E-state index in [4.69, 9.17) is 19.3 Å². The molecule has 1 saturated heterocycles. The zero-order valence-electron chi connectivity index (χ0n) is 13.1. The molecule has 8 N–H and O–H groups in total. The van der Waals surface area contributed by atoms with Gasteiger partial charge in [-0.25, -0.2) is 0 Å². The van der Waals surface area contributed by atoms with Gasteiger partial charge >= 0.3 is 0 Å². The maximum atomic E-state index is 9.81. The second-order valence-corrected chi connectivity index (χ2v) is 5.54. The molecule has 1 aliphatic heterocycles. The predicted octanol–water partition coefficient (Wildman–Crippen LogP) is -4.76. The number of rotatable bonds is 9. The molecule has 0 saturated carbocycles. The lowest BCUT2D eigenvalue weighted by atomic mass is 9.99. The topological polar surface area (TPSA) is 190 Å². The number of hydrogen-bond acceptors (Lipinski definition) is 11. The smallest absolute Gasteiger partial charge is 0.186 e. The van der Waals surface area contributed by atoms with Crippen molar-refractivity contribution < 1.29 is 55.1 Å². The minimum atomic E-state index is -1.94. The van der Waals surface area contributed by atoms with Crippen LogP contribution in [0.25, 0.3) is 0 Å². The Kier molecular flexibility index (Phi) is 8.90. The fourth-order valence-corrected chi connectivity index (χ4v) is 2.24. The summed E-state index contributed by atoms with van der Waals surface area (Å²) in [4.78, 5) is 0. The average molecular weight is 358 g/mol. The molecule has 9 unspecified atom stereocenters. The van der Waals surface area contributed by atoms with Crippen molar-refractivity contribution in [1.29, 1.82) is 0 Å². The molecule has 1 aliphatic rings. The van der Waals surface area contributed by atoms with Crippen LogP contribution in [0.15, 0.2) is 0 Å². The molecular formula is C13H26O11. The number of aliphatic hydroxyl groups is 8. The molecule has 144 valence electrons. The highest BCUT2D eigenvalue weighted by Crippen LogP contribution is 2.22. The second kappa shape index (κ2) is 9.89. The van der Waals surface area contributed by atoms with E-state index in [2.05, 4.69) is 0 Å². The standard InChI is InChI=1S/C13H26O11/c1-22-13-11(20)9(18)8(17)6(24-13)4-23-12(21)10(19)7(16)5(15)2-3-14/h5-21H,2-4H2,1H3. The molecule has 1 fully saturated rings. The predicted molar refractivity (Wildman–Crippen MR) is 75.4 cm³/mol. The van der Waals surface area contributed by atoms with Gasteiger partial charge < -0.3 is 55.1 Å². The van der Waals surface area contributed by atoms with Crippen molar-refractivity contribution in [2.45, 2.75) is 61.7 Å². The number of aliphatic hydroxyl groups excluding tert-OH is 8. The van der Waals surface area contributed by atoms with Crippen LogP contribution in [0.3, 0.4) is 0 Å². The zero-order chi connectivity index (χ0) is 18.4. The number of hydrogen-bond donors (Lipinski definition) is 8. The lowest BCUT2D eigenvalue weighted by Gasteiger charge is -2.40. The summed E-state index contributed by atoms with van der Waals surface area (Å²) >= 11 is 0.